The highest BCUT2D eigenvalue weighted by Crippen LogP contribution is 2.27. The molecule has 2 rings (SSSR count). The molecule has 1 saturated carbocycles. The molecule has 0 heterocycles. The standard InChI is InChI=1S/C15H15N3O2/c16-8-3-9-18(13-6-7-13)15(19)11-20-14-5-2-1-4-12(14)10-17/h1-2,4-5,13H,3,6-7,9,11H2. The molecule has 5 nitrogen and oxygen atoms in total. The summed E-state index contributed by atoms with van der Waals surface area (Å²) in [6.45, 7) is 0.351. The number of hydrogen-bond acceptors (Lipinski definition) is 4. The number of rotatable bonds is 6. The van der Waals surface area contributed by atoms with Gasteiger partial charge in [0.25, 0.3) is 5.91 Å². The largest absolute Gasteiger partial charge is 0.482 e. The van der Waals surface area contributed by atoms with E-state index in [1.165, 1.54) is 0 Å². The minimum absolute atomic E-state index is 0.0966. The van der Waals surface area contributed by atoms with Gasteiger partial charge >= 0.3 is 0 Å². The number of carbonyl (C=O) groups is 1. The van der Waals surface area contributed by atoms with Crippen LogP contribution in [-0.4, -0.2) is 30.0 Å². The van der Waals surface area contributed by atoms with Gasteiger partial charge in [-0.3, -0.25) is 4.79 Å². The van der Waals surface area contributed by atoms with Gasteiger partial charge in [0.1, 0.15) is 11.8 Å². The van der Waals surface area contributed by atoms with E-state index in [0.717, 1.165) is 12.8 Å². The molecule has 0 aliphatic heterocycles. The third-order valence-electron chi connectivity index (χ3n) is 3.13. The van der Waals surface area contributed by atoms with Crippen LogP contribution in [0, 0.1) is 22.7 Å². The van der Waals surface area contributed by atoms with Crippen LogP contribution < -0.4 is 4.74 Å². The molecule has 0 spiro atoms. The lowest BCUT2D eigenvalue weighted by atomic mass is 10.2. The fourth-order valence-corrected chi connectivity index (χ4v) is 1.97. The molecule has 0 aromatic heterocycles. The van der Waals surface area contributed by atoms with Crippen LogP contribution in [0.4, 0.5) is 0 Å². The summed E-state index contributed by atoms with van der Waals surface area (Å²) in [4.78, 5) is 13.8. The molecule has 1 aromatic rings. The van der Waals surface area contributed by atoms with E-state index in [1.54, 1.807) is 29.2 Å². The van der Waals surface area contributed by atoms with Gasteiger partial charge in [-0.2, -0.15) is 10.5 Å². The predicted molar refractivity (Wildman–Crippen MR) is 71.6 cm³/mol. The molecule has 1 fully saturated rings. The zero-order chi connectivity index (χ0) is 14.4. The van der Waals surface area contributed by atoms with Crippen LogP contribution in [0.5, 0.6) is 5.75 Å². The number of carbonyl (C=O) groups excluding carboxylic acids is 1. The Bertz CT molecular complexity index is 567. The Balaban J connectivity index is 1.93. The Hall–Kier alpha value is -2.53. The lowest BCUT2D eigenvalue weighted by molar-refractivity contribution is -0.133. The number of benzene rings is 1. The van der Waals surface area contributed by atoms with Gasteiger partial charge < -0.3 is 9.64 Å². The van der Waals surface area contributed by atoms with Crippen molar-refractivity contribution in [2.24, 2.45) is 0 Å². The zero-order valence-electron chi connectivity index (χ0n) is 11.1. The van der Waals surface area contributed by atoms with Crippen molar-refractivity contribution < 1.29 is 9.53 Å². The van der Waals surface area contributed by atoms with E-state index in [2.05, 4.69) is 0 Å². The summed E-state index contributed by atoms with van der Waals surface area (Å²) in [7, 11) is 0. The van der Waals surface area contributed by atoms with Crippen molar-refractivity contribution in [3.63, 3.8) is 0 Å². The summed E-state index contributed by atoms with van der Waals surface area (Å²) in [6, 6.07) is 11.2. The molecule has 102 valence electrons. The predicted octanol–water partition coefficient (Wildman–Crippen LogP) is 1.84. The molecule has 0 atom stereocenters. The van der Waals surface area contributed by atoms with Gasteiger partial charge in [-0.15, -0.1) is 0 Å². The number of para-hydroxylation sites is 1. The van der Waals surface area contributed by atoms with E-state index in [1.807, 2.05) is 12.1 Å². The summed E-state index contributed by atoms with van der Waals surface area (Å²) in [5.41, 5.74) is 0.412. The van der Waals surface area contributed by atoms with Gasteiger partial charge in [0.15, 0.2) is 6.61 Å². The Labute approximate surface area is 118 Å². The molecular weight excluding hydrogens is 254 g/mol. The molecular formula is C15H15N3O2. The van der Waals surface area contributed by atoms with Gasteiger partial charge in [0, 0.05) is 12.6 Å². The van der Waals surface area contributed by atoms with Crippen LogP contribution >= 0.6 is 0 Å². The average Bonchev–Trinajstić information content (AvgIpc) is 3.30. The molecule has 0 N–H and O–H groups in total. The fourth-order valence-electron chi connectivity index (χ4n) is 1.97. The second-order valence-electron chi connectivity index (χ2n) is 4.62. The number of ether oxygens (including phenoxy) is 1. The Morgan fingerprint density at radius 3 is 2.75 bits per heavy atom. The van der Waals surface area contributed by atoms with Crippen LogP contribution in [0.1, 0.15) is 24.8 Å². The summed E-state index contributed by atoms with van der Waals surface area (Å²) in [5.74, 6) is 0.287. The number of amides is 1. The number of nitriles is 2. The molecule has 5 heteroatoms. The Kier molecular flexibility index (Phi) is 4.57. The fraction of sp³-hybridized carbons (Fsp3) is 0.400. The van der Waals surface area contributed by atoms with Crippen LogP contribution in [0.25, 0.3) is 0 Å². The van der Waals surface area contributed by atoms with E-state index in [0.29, 0.717) is 24.3 Å². The third kappa shape index (κ3) is 3.49. The van der Waals surface area contributed by atoms with Crippen molar-refractivity contribution in [1.29, 1.82) is 10.5 Å². The third-order valence-corrected chi connectivity index (χ3v) is 3.13. The Morgan fingerprint density at radius 1 is 1.35 bits per heavy atom. The van der Waals surface area contributed by atoms with Crippen molar-refractivity contribution in [3.8, 4) is 17.9 Å². The molecule has 0 saturated heterocycles. The van der Waals surface area contributed by atoms with Crippen molar-refractivity contribution in [2.45, 2.75) is 25.3 Å². The summed E-state index contributed by atoms with van der Waals surface area (Å²) >= 11 is 0. The maximum absolute atomic E-state index is 12.1. The molecule has 1 aromatic carbocycles. The van der Waals surface area contributed by atoms with Crippen molar-refractivity contribution in [2.75, 3.05) is 13.2 Å². The molecule has 0 unspecified atom stereocenters. The number of hydrogen-bond donors (Lipinski definition) is 0. The van der Waals surface area contributed by atoms with Gasteiger partial charge in [0.2, 0.25) is 0 Å². The van der Waals surface area contributed by atoms with Gasteiger partial charge in [-0.25, -0.2) is 0 Å². The first kappa shape index (κ1) is 13.9. The summed E-state index contributed by atoms with van der Waals surface area (Å²) in [6.07, 6.45) is 2.31. The second kappa shape index (κ2) is 6.58. The quantitative estimate of drug-likeness (QED) is 0.789. The van der Waals surface area contributed by atoms with Crippen molar-refractivity contribution >= 4 is 5.91 Å². The zero-order valence-corrected chi connectivity index (χ0v) is 11.1. The molecule has 0 bridgehead atoms. The first-order chi connectivity index (χ1) is 9.76. The summed E-state index contributed by atoms with van der Waals surface area (Å²) in [5, 5.41) is 17.6. The minimum atomic E-state index is -0.129. The smallest absolute Gasteiger partial charge is 0.260 e. The van der Waals surface area contributed by atoms with Crippen LogP contribution in [0.3, 0.4) is 0 Å². The highest BCUT2D eigenvalue weighted by Gasteiger charge is 2.32. The molecule has 1 amide bonds. The van der Waals surface area contributed by atoms with E-state index in [4.69, 9.17) is 15.3 Å². The monoisotopic (exact) mass is 269 g/mol. The van der Waals surface area contributed by atoms with Crippen LogP contribution in [0.2, 0.25) is 0 Å². The maximum atomic E-state index is 12.1. The molecule has 20 heavy (non-hydrogen) atoms. The van der Waals surface area contributed by atoms with Crippen LogP contribution in [0.15, 0.2) is 24.3 Å². The highest BCUT2D eigenvalue weighted by atomic mass is 16.5. The molecule has 0 radical (unpaired) electrons. The van der Waals surface area contributed by atoms with E-state index < -0.39 is 0 Å². The topological polar surface area (TPSA) is 77.1 Å². The van der Waals surface area contributed by atoms with Gasteiger partial charge in [-0.1, -0.05) is 12.1 Å². The highest BCUT2D eigenvalue weighted by molar-refractivity contribution is 5.78. The maximum Gasteiger partial charge on any atom is 0.260 e. The molecule has 1 aliphatic carbocycles. The van der Waals surface area contributed by atoms with E-state index in [9.17, 15) is 4.79 Å². The first-order valence-electron chi connectivity index (χ1n) is 6.54. The second-order valence-corrected chi connectivity index (χ2v) is 4.62. The van der Waals surface area contributed by atoms with Gasteiger partial charge in [-0.05, 0) is 25.0 Å². The average molecular weight is 269 g/mol. The van der Waals surface area contributed by atoms with E-state index in [-0.39, 0.29) is 18.6 Å². The summed E-state index contributed by atoms with van der Waals surface area (Å²) < 4.78 is 5.43. The lowest BCUT2D eigenvalue weighted by Gasteiger charge is -2.21. The number of nitrogens with zero attached hydrogens (tertiary/aromatic N) is 3. The normalized spacial score (nSPS) is 13.1. The first-order valence-corrected chi connectivity index (χ1v) is 6.54. The molecule has 1 aliphatic rings. The SMILES string of the molecule is N#CCCN(C(=O)COc1ccccc1C#N)C1CC1. The van der Waals surface area contributed by atoms with E-state index >= 15 is 0 Å². The Morgan fingerprint density at radius 2 is 2.10 bits per heavy atom. The van der Waals surface area contributed by atoms with Crippen molar-refractivity contribution in [1.82, 2.24) is 4.90 Å². The van der Waals surface area contributed by atoms with Crippen molar-refractivity contribution in [3.05, 3.63) is 29.8 Å². The lowest BCUT2D eigenvalue weighted by Crippen LogP contribution is -2.37. The van der Waals surface area contributed by atoms with Gasteiger partial charge in [0.05, 0.1) is 18.1 Å². The van der Waals surface area contributed by atoms with Crippen LogP contribution in [-0.2, 0) is 4.79 Å². The minimum Gasteiger partial charge on any atom is -0.482 e.